The molecule has 24 heavy (non-hydrogen) atoms. The van der Waals surface area contributed by atoms with Gasteiger partial charge in [-0.15, -0.1) is 0 Å². The number of benzene rings is 2. The molecule has 5 nitrogen and oxygen atoms in total. The second kappa shape index (κ2) is 7.03. The Kier molecular flexibility index (Phi) is 4.83. The fourth-order valence-corrected chi connectivity index (χ4v) is 2.45. The average Bonchev–Trinajstić information content (AvgIpc) is 2.58. The maximum Gasteiger partial charge on any atom is 0.412 e. The van der Waals surface area contributed by atoms with Crippen LogP contribution in [-0.4, -0.2) is 31.2 Å². The fourth-order valence-electron chi connectivity index (χ4n) is 2.45. The van der Waals surface area contributed by atoms with Gasteiger partial charge < -0.3 is 14.2 Å². The van der Waals surface area contributed by atoms with Gasteiger partial charge in [0.15, 0.2) is 11.9 Å². The molecular formula is C19H21NO4. The smallest absolute Gasteiger partial charge is 0.412 e. The predicted molar refractivity (Wildman–Crippen MR) is 91.8 cm³/mol. The van der Waals surface area contributed by atoms with E-state index in [4.69, 9.17) is 14.2 Å². The topological polar surface area (TPSA) is 56.8 Å². The third-order valence-corrected chi connectivity index (χ3v) is 3.72. The van der Waals surface area contributed by atoms with Gasteiger partial charge in [0.05, 0.1) is 13.2 Å². The lowest BCUT2D eigenvalue weighted by molar-refractivity contribution is -0.271. The van der Waals surface area contributed by atoms with E-state index in [9.17, 15) is 4.79 Å². The molecule has 2 aromatic rings. The van der Waals surface area contributed by atoms with Crippen molar-refractivity contribution in [2.24, 2.45) is 0 Å². The minimum Gasteiger partial charge on any atom is -0.441 e. The quantitative estimate of drug-likeness (QED) is 0.924. The molecule has 3 rings (SSSR count). The molecule has 126 valence electrons. The summed E-state index contributed by atoms with van der Waals surface area (Å²) in [6.45, 7) is 4.31. The number of rotatable bonds is 3. The number of anilines is 1. The van der Waals surface area contributed by atoms with Gasteiger partial charge >= 0.3 is 6.09 Å². The molecule has 0 radical (unpaired) electrons. The minimum atomic E-state index is -0.625. The first-order chi connectivity index (χ1) is 11.5. The zero-order valence-corrected chi connectivity index (χ0v) is 13.8. The van der Waals surface area contributed by atoms with E-state index in [1.807, 2.05) is 68.4 Å². The monoisotopic (exact) mass is 327 g/mol. The van der Waals surface area contributed by atoms with E-state index in [0.717, 1.165) is 11.1 Å². The van der Waals surface area contributed by atoms with Crippen molar-refractivity contribution in [2.75, 3.05) is 18.5 Å². The van der Waals surface area contributed by atoms with Crippen molar-refractivity contribution in [3.63, 3.8) is 0 Å². The third-order valence-electron chi connectivity index (χ3n) is 3.72. The summed E-state index contributed by atoms with van der Waals surface area (Å²) in [6.07, 6.45) is -0.924. The van der Waals surface area contributed by atoms with Crippen LogP contribution in [0.5, 0.6) is 0 Å². The van der Waals surface area contributed by atoms with Crippen LogP contribution in [0.2, 0.25) is 0 Å². The van der Waals surface area contributed by atoms with Gasteiger partial charge in [-0.3, -0.25) is 5.32 Å². The van der Waals surface area contributed by atoms with Crippen molar-refractivity contribution in [1.82, 2.24) is 0 Å². The van der Waals surface area contributed by atoms with Crippen molar-refractivity contribution in [3.8, 4) is 11.1 Å². The van der Waals surface area contributed by atoms with Gasteiger partial charge in [-0.2, -0.15) is 0 Å². The number of hydrogen-bond acceptors (Lipinski definition) is 4. The summed E-state index contributed by atoms with van der Waals surface area (Å²) in [5.41, 5.74) is 2.80. The van der Waals surface area contributed by atoms with E-state index in [0.29, 0.717) is 18.9 Å². The highest BCUT2D eigenvalue weighted by Crippen LogP contribution is 2.23. The fraction of sp³-hybridized carbons (Fsp3) is 0.316. The molecule has 0 bridgehead atoms. The Bertz CT molecular complexity index is 690. The molecule has 0 aliphatic carbocycles. The van der Waals surface area contributed by atoms with Gasteiger partial charge in [-0.25, -0.2) is 4.79 Å². The van der Waals surface area contributed by atoms with Crippen LogP contribution in [-0.2, 0) is 14.2 Å². The number of nitrogens with one attached hydrogen (secondary N) is 1. The molecule has 0 aromatic heterocycles. The number of ether oxygens (including phenoxy) is 3. The highest BCUT2D eigenvalue weighted by Gasteiger charge is 2.30. The molecule has 0 atom stereocenters. The lowest BCUT2D eigenvalue weighted by atomic mass is 10.1. The first-order valence-corrected chi connectivity index (χ1v) is 7.93. The summed E-state index contributed by atoms with van der Waals surface area (Å²) < 4.78 is 16.3. The lowest BCUT2D eigenvalue weighted by Crippen LogP contribution is -2.44. The molecule has 1 aliphatic heterocycles. The molecule has 1 saturated heterocycles. The van der Waals surface area contributed by atoms with E-state index in [1.165, 1.54) is 0 Å². The average molecular weight is 327 g/mol. The molecule has 1 heterocycles. The number of amides is 1. The first kappa shape index (κ1) is 16.5. The Balaban J connectivity index is 1.59. The van der Waals surface area contributed by atoms with Crippen molar-refractivity contribution < 1.29 is 19.0 Å². The Labute approximate surface area is 141 Å². The molecule has 1 N–H and O–H groups in total. The van der Waals surface area contributed by atoms with Gasteiger partial charge in [-0.05, 0) is 37.1 Å². The van der Waals surface area contributed by atoms with Crippen LogP contribution in [0.4, 0.5) is 10.5 Å². The Morgan fingerprint density at radius 3 is 2.42 bits per heavy atom. The number of carbonyl (C=O) groups excluding carboxylic acids is 1. The lowest BCUT2D eigenvalue weighted by Gasteiger charge is -2.34. The first-order valence-electron chi connectivity index (χ1n) is 7.93. The molecule has 1 fully saturated rings. The van der Waals surface area contributed by atoms with E-state index in [1.54, 1.807) is 0 Å². The Morgan fingerprint density at radius 2 is 1.71 bits per heavy atom. The SMILES string of the molecule is CC1(C)OCC(OC(=O)Nc2cccc(-c3ccccc3)c2)CO1. The second-order valence-corrected chi connectivity index (χ2v) is 6.12. The third kappa shape index (κ3) is 4.34. The van der Waals surface area contributed by atoms with E-state index >= 15 is 0 Å². The van der Waals surface area contributed by atoms with Crippen molar-refractivity contribution in [2.45, 2.75) is 25.7 Å². The van der Waals surface area contributed by atoms with Gasteiger partial charge in [0.2, 0.25) is 0 Å². The van der Waals surface area contributed by atoms with Gasteiger partial charge in [-0.1, -0.05) is 42.5 Å². The van der Waals surface area contributed by atoms with Gasteiger partial charge in [0.25, 0.3) is 0 Å². The second-order valence-electron chi connectivity index (χ2n) is 6.12. The number of carbonyl (C=O) groups is 1. The van der Waals surface area contributed by atoms with Crippen LogP contribution in [0.3, 0.4) is 0 Å². The van der Waals surface area contributed by atoms with Crippen molar-refractivity contribution in [3.05, 3.63) is 54.6 Å². The number of hydrogen-bond donors (Lipinski definition) is 1. The van der Waals surface area contributed by atoms with Crippen LogP contribution in [0.1, 0.15) is 13.8 Å². The molecule has 0 saturated carbocycles. The molecule has 2 aromatic carbocycles. The van der Waals surface area contributed by atoms with Crippen LogP contribution in [0.25, 0.3) is 11.1 Å². The summed E-state index contributed by atoms with van der Waals surface area (Å²) in [7, 11) is 0. The predicted octanol–water partition coefficient (Wildman–Crippen LogP) is 4.05. The molecule has 0 unspecified atom stereocenters. The van der Waals surface area contributed by atoms with E-state index in [-0.39, 0.29) is 0 Å². The molecular weight excluding hydrogens is 306 g/mol. The zero-order chi connectivity index (χ0) is 17.0. The summed E-state index contributed by atoms with van der Waals surface area (Å²) >= 11 is 0. The van der Waals surface area contributed by atoms with Crippen molar-refractivity contribution in [1.29, 1.82) is 0 Å². The van der Waals surface area contributed by atoms with E-state index in [2.05, 4.69) is 5.32 Å². The largest absolute Gasteiger partial charge is 0.441 e. The minimum absolute atomic E-state index is 0.324. The van der Waals surface area contributed by atoms with Gasteiger partial charge in [0, 0.05) is 5.69 Å². The summed E-state index contributed by atoms with van der Waals surface area (Å²) in [4.78, 5) is 12.0. The normalized spacial score (nSPS) is 17.2. The molecule has 1 amide bonds. The Morgan fingerprint density at radius 1 is 1.04 bits per heavy atom. The maximum absolute atomic E-state index is 12.0. The maximum atomic E-state index is 12.0. The highest BCUT2D eigenvalue weighted by atomic mass is 16.7. The molecule has 1 aliphatic rings. The van der Waals surface area contributed by atoms with Crippen LogP contribution >= 0.6 is 0 Å². The summed E-state index contributed by atoms with van der Waals surface area (Å²) in [5.74, 6) is -0.625. The van der Waals surface area contributed by atoms with Crippen LogP contribution in [0, 0.1) is 0 Å². The van der Waals surface area contributed by atoms with E-state index < -0.39 is 18.0 Å². The van der Waals surface area contributed by atoms with Crippen molar-refractivity contribution >= 4 is 11.8 Å². The summed E-state index contributed by atoms with van der Waals surface area (Å²) in [6, 6.07) is 17.6. The molecule has 0 spiro atoms. The van der Waals surface area contributed by atoms with Crippen LogP contribution < -0.4 is 5.32 Å². The highest BCUT2D eigenvalue weighted by molar-refractivity contribution is 5.86. The Hall–Kier alpha value is -2.37. The van der Waals surface area contributed by atoms with Crippen LogP contribution in [0.15, 0.2) is 54.6 Å². The molecule has 5 heteroatoms. The zero-order valence-electron chi connectivity index (χ0n) is 13.8. The standard InChI is InChI=1S/C19H21NO4/c1-19(2)22-12-17(13-23-19)24-18(21)20-16-10-6-9-15(11-16)14-7-4-3-5-8-14/h3-11,17H,12-13H2,1-2H3,(H,20,21). The van der Waals surface area contributed by atoms with Gasteiger partial charge in [0.1, 0.15) is 0 Å². The summed E-state index contributed by atoms with van der Waals surface area (Å²) in [5, 5.41) is 2.75.